The van der Waals surface area contributed by atoms with E-state index < -0.39 is 6.10 Å². The number of rotatable bonds is 5. The third-order valence-electron chi connectivity index (χ3n) is 4.45. The van der Waals surface area contributed by atoms with Crippen molar-refractivity contribution in [2.75, 3.05) is 5.32 Å². The zero-order valence-electron chi connectivity index (χ0n) is 14.1. The molecule has 1 atom stereocenters. The first kappa shape index (κ1) is 18.3. The SMILES string of the molecule is CC[C@H](Oc1ccc2c(c1)CCCC2)C(=O)Nc1ccc(Br)c(Cl)c1. The van der Waals surface area contributed by atoms with Gasteiger partial charge in [0.15, 0.2) is 6.10 Å². The normalized spacial score (nSPS) is 14.5. The molecule has 0 bridgehead atoms. The zero-order valence-corrected chi connectivity index (χ0v) is 16.5. The number of fused-ring (bicyclic) bond motifs is 1. The van der Waals surface area contributed by atoms with Crippen molar-refractivity contribution in [3.8, 4) is 5.75 Å². The molecule has 1 aliphatic carbocycles. The largest absolute Gasteiger partial charge is 0.481 e. The molecule has 3 nitrogen and oxygen atoms in total. The van der Waals surface area contributed by atoms with E-state index in [-0.39, 0.29) is 5.91 Å². The number of halogens is 2. The number of ether oxygens (including phenoxy) is 1. The van der Waals surface area contributed by atoms with Gasteiger partial charge in [0.25, 0.3) is 5.91 Å². The van der Waals surface area contributed by atoms with Crippen LogP contribution in [0.2, 0.25) is 5.02 Å². The maximum atomic E-state index is 12.5. The van der Waals surface area contributed by atoms with E-state index in [0.29, 0.717) is 17.1 Å². The summed E-state index contributed by atoms with van der Waals surface area (Å²) < 4.78 is 6.76. The topological polar surface area (TPSA) is 38.3 Å². The van der Waals surface area contributed by atoms with E-state index in [1.165, 1.54) is 24.0 Å². The Morgan fingerprint density at radius 3 is 2.68 bits per heavy atom. The molecule has 0 fully saturated rings. The van der Waals surface area contributed by atoms with E-state index >= 15 is 0 Å². The van der Waals surface area contributed by atoms with E-state index in [4.69, 9.17) is 16.3 Å². The third kappa shape index (κ3) is 4.56. The van der Waals surface area contributed by atoms with Gasteiger partial charge in [-0.25, -0.2) is 0 Å². The molecule has 0 heterocycles. The van der Waals surface area contributed by atoms with Crippen LogP contribution in [0.15, 0.2) is 40.9 Å². The second-order valence-corrected chi connectivity index (χ2v) is 7.53. The van der Waals surface area contributed by atoms with E-state index in [0.717, 1.165) is 23.1 Å². The first-order chi connectivity index (χ1) is 12.1. The summed E-state index contributed by atoms with van der Waals surface area (Å²) >= 11 is 9.42. The molecule has 0 spiro atoms. The Morgan fingerprint density at radius 1 is 1.20 bits per heavy atom. The summed E-state index contributed by atoms with van der Waals surface area (Å²) in [6.07, 6.45) is 4.75. The lowest BCUT2D eigenvalue weighted by Crippen LogP contribution is -2.32. The molecule has 1 amide bonds. The first-order valence-corrected chi connectivity index (χ1v) is 9.78. The highest BCUT2D eigenvalue weighted by molar-refractivity contribution is 9.10. The van der Waals surface area contributed by atoms with Crippen LogP contribution in [0, 0.1) is 0 Å². The van der Waals surface area contributed by atoms with Gasteiger partial charge in [0.1, 0.15) is 5.75 Å². The van der Waals surface area contributed by atoms with Gasteiger partial charge in [0.2, 0.25) is 0 Å². The van der Waals surface area contributed by atoms with Gasteiger partial charge in [-0.2, -0.15) is 0 Å². The molecule has 5 heteroatoms. The molecule has 1 aliphatic rings. The number of aryl methyl sites for hydroxylation is 2. The van der Waals surface area contributed by atoms with Crippen molar-refractivity contribution in [1.82, 2.24) is 0 Å². The number of nitrogens with one attached hydrogen (secondary N) is 1. The Balaban J connectivity index is 1.69. The third-order valence-corrected chi connectivity index (χ3v) is 5.68. The van der Waals surface area contributed by atoms with Gasteiger partial charge < -0.3 is 10.1 Å². The summed E-state index contributed by atoms with van der Waals surface area (Å²) in [5.41, 5.74) is 3.41. The van der Waals surface area contributed by atoms with Crippen molar-refractivity contribution in [2.45, 2.75) is 45.1 Å². The van der Waals surface area contributed by atoms with Crippen LogP contribution in [-0.2, 0) is 17.6 Å². The molecule has 1 N–H and O–H groups in total. The van der Waals surface area contributed by atoms with Gasteiger partial charge in [-0.3, -0.25) is 4.79 Å². The second kappa shape index (κ2) is 8.24. The molecule has 25 heavy (non-hydrogen) atoms. The highest BCUT2D eigenvalue weighted by atomic mass is 79.9. The number of hydrogen-bond acceptors (Lipinski definition) is 2. The van der Waals surface area contributed by atoms with Crippen LogP contribution >= 0.6 is 27.5 Å². The van der Waals surface area contributed by atoms with Crippen LogP contribution in [0.1, 0.15) is 37.3 Å². The zero-order chi connectivity index (χ0) is 17.8. The summed E-state index contributed by atoms with van der Waals surface area (Å²) in [5.74, 6) is 0.593. The summed E-state index contributed by atoms with van der Waals surface area (Å²) in [4.78, 5) is 12.5. The molecule has 0 saturated heterocycles. The summed E-state index contributed by atoms with van der Waals surface area (Å²) in [6.45, 7) is 1.94. The lowest BCUT2D eigenvalue weighted by atomic mass is 9.92. The van der Waals surface area contributed by atoms with Crippen LogP contribution < -0.4 is 10.1 Å². The molecule has 0 aliphatic heterocycles. The van der Waals surface area contributed by atoms with Crippen molar-refractivity contribution in [3.05, 3.63) is 57.0 Å². The molecule has 2 aromatic carbocycles. The Bertz CT molecular complexity index is 778. The van der Waals surface area contributed by atoms with E-state index in [9.17, 15) is 4.79 Å². The molecule has 0 unspecified atom stereocenters. The Morgan fingerprint density at radius 2 is 1.96 bits per heavy atom. The smallest absolute Gasteiger partial charge is 0.265 e. The monoisotopic (exact) mass is 421 g/mol. The van der Waals surface area contributed by atoms with Crippen molar-refractivity contribution < 1.29 is 9.53 Å². The fourth-order valence-corrected chi connectivity index (χ4v) is 3.49. The molecule has 132 valence electrons. The van der Waals surface area contributed by atoms with E-state index in [1.54, 1.807) is 12.1 Å². The van der Waals surface area contributed by atoms with Gasteiger partial charge in [-0.15, -0.1) is 0 Å². The van der Waals surface area contributed by atoms with Crippen LogP contribution in [0.3, 0.4) is 0 Å². The summed E-state index contributed by atoms with van der Waals surface area (Å²) in [6, 6.07) is 11.5. The maximum Gasteiger partial charge on any atom is 0.265 e. The van der Waals surface area contributed by atoms with Gasteiger partial charge >= 0.3 is 0 Å². The molecule has 0 radical (unpaired) electrons. The van der Waals surface area contributed by atoms with Crippen LogP contribution in [0.5, 0.6) is 5.75 Å². The fraction of sp³-hybridized carbons (Fsp3) is 0.350. The van der Waals surface area contributed by atoms with E-state index in [1.807, 2.05) is 19.1 Å². The van der Waals surface area contributed by atoms with Crippen molar-refractivity contribution >= 4 is 39.1 Å². The van der Waals surface area contributed by atoms with Gasteiger partial charge in [-0.1, -0.05) is 24.6 Å². The predicted molar refractivity (Wildman–Crippen MR) is 106 cm³/mol. The lowest BCUT2D eigenvalue weighted by Gasteiger charge is -2.20. The van der Waals surface area contributed by atoms with Crippen molar-refractivity contribution in [3.63, 3.8) is 0 Å². The molecule has 0 aromatic heterocycles. The van der Waals surface area contributed by atoms with Crippen molar-refractivity contribution in [1.29, 1.82) is 0 Å². The second-order valence-electron chi connectivity index (χ2n) is 6.27. The fourth-order valence-electron chi connectivity index (χ4n) is 3.07. The minimum Gasteiger partial charge on any atom is -0.481 e. The van der Waals surface area contributed by atoms with Crippen LogP contribution in [0.25, 0.3) is 0 Å². The van der Waals surface area contributed by atoms with Crippen LogP contribution in [-0.4, -0.2) is 12.0 Å². The maximum absolute atomic E-state index is 12.5. The molecule has 2 aromatic rings. The number of hydrogen-bond donors (Lipinski definition) is 1. The summed E-state index contributed by atoms with van der Waals surface area (Å²) in [5, 5.41) is 3.43. The number of carbonyl (C=O) groups is 1. The molecule has 3 rings (SSSR count). The number of benzene rings is 2. The van der Waals surface area contributed by atoms with Crippen LogP contribution in [0.4, 0.5) is 5.69 Å². The number of amides is 1. The number of anilines is 1. The average Bonchev–Trinajstić information content (AvgIpc) is 2.62. The van der Waals surface area contributed by atoms with Gasteiger partial charge in [0, 0.05) is 10.2 Å². The Kier molecular flexibility index (Phi) is 6.02. The highest BCUT2D eigenvalue weighted by Gasteiger charge is 2.20. The highest BCUT2D eigenvalue weighted by Crippen LogP contribution is 2.27. The lowest BCUT2D eigenvalue weighted by molar-refractivity contribution is -0.122. The van der Waals surface area contributed by atoms with E-state index in [2.05, 4.69) is 33.4 Å². The Labute approximate surface area is 161 Å². The van der Waals surface area contributed by atoms with Gasteiger partial charge in [-0.05, 0) is 89.5 Å². The first-order valence-electron chi connectivity index (χ1n) is 8.61. The molecular weight excluding hydrogens is 402 g/mol. The number of carbonyl (C=O) groups excluding carboxylic acids is 1. The summed E-state index contributed by atoms with van der Waals surface area (Å²) in [7, 11) is 0. The standard InChI is InChI=1S/C20H21BrClNO2/c1-2-19(20(24)23-15-8-10-17(21)18(22)12-15)25-16-9-7-13-5-3-4-6-14(13)11-16/h7-12,19H,2-6H2,1H3,(H,23,24)/t19-/m0/s1. The predicted octanol–water partition coefficient (Wildman–Crippen LogP) is 5.78. The molecule has 0 saturated carbocycles. The quantitative estimate of drug-likeness (QED) is 0.663. The minimum absolute atomic E-state index is 0.168. The average molecular weight is 423 g/mol. The Hall–Kier alpha value is -1.52. The van der Waals surface area contributed by atoms with Crippen molar-refractivity contribution in [2.24, 2.45) is 0 Å². The molecular formula is C20H21BrClNO2. The minimum atomic E-state index is -0.538. The van der Waals surface area contributed by atoms with Gasteiger partial charge in [0.05, 0.1) is 5.02 Å².